The highest BCUT2D eigenvalue weighted by Gasteiger charge is 2.25. The molecule has 7 nitrogen and oxygen atoms in total. The molecule has 2 saturated heterocycles. The van der Waals surface area contributed by atoms with Gasteiger partial charge < -0.3 is 20.4 Å². The predicted octanol–water partition coefficient (Wildman–Crippen LogP) is 2.10. The van der Waals surface area contributed by atoms with E-state index in [0.717, 1.165) is 57.9 Å². The van der Waals surface area contributed by atoms with Crippen molar-refractivity contribution < 1.29 is 9.59 Å². The van der Waals surface area contributed by atoms with Gasteiger partial charge in [-0.25, -0.2) is 4.98 Å². The van der Waals surface area contributed by atoms with Crippen LogP contribution >= 0.6 is 0 Å². The van der Waals surface area contributed by atoms with E-state index in [0.29, 0.717) is 11.3 Å². The van der Waals surface area contributed by atoms with E-state index in [1.807, 2.05) is 18.7 Å². The molecule has 27 heavy (non-hydrogen) atoms. The molecule has 0 bridgehead atoms. The van der Waals surface area contributed by atoms with Gasteiger partial charge in [0.2, 0.25) is 5.91 Å². The molecule has 0 aliphatic carbocycles. The second-order valence-electron chi connectivity index (χ2n) is 7.68. The molecule has 3 rings (SSSR count). The maximum absolute atomic E-state index is 13.3. The topological polar surface area (TPSA) is 77.6 Å². The fourth-order valence-electron chi connectivity index (χ4n) is 3.54. The summed E-state index contributed by atoms with van der Waals surface area (Å²) in [5.41, 5.74) is 1.19. The highest BCUT2D eigenvalue weighted by Crippen LogP contribution is 2.25. The van der Waals surface area contributed by atoms with Gasteiger partial charge in [-0.1, -0.05) is 26.7 Å². The molecule has 1 aromatic heterocycles. The molecule has 0 spiro atoms. The molecule has 148 valence electrons. The molecule has 7 heteroatoms. The number of nitrogens with one attached hydrogen (secondary N) is 2. The van der Waals surface area contributed by atoms with Crippen LogP contribution in [-0.4, -0.2) is 61.0 Å². The lowest BCUT2D eigenvalue weighted by Crippen LogP contribution is -2.45. The van der Waals surface area contributed by atoms with E-state index in [2.05, 4.69) is 20.5 Å². The van der Waals surface area contributed by atoms with Crippen LogP contribution in [0.3, 0.4) is 0 Å². The van der Waals surface area contributed by atoms with Crippen molar-refractivity contribution in [3.05, 3.63) is 17.8 Å². The van der Waals surface area contributed by atoms with Gasteiger partial charge in [0, 0.05) is 45.2 Å². The van der Waals surface area contributed by atoms with E-state index >= 15 is 0 Å². The van der Waals surface area contributed by atoms with Crippen LogP contribution in [-0.2, 0) is 4.79 Å². The number of piperazine rings is 1. The first kappa shape index (κ1) is 19.6. The second-order valence-corrected chi connectivity index (χ2v) is 7.68. The Morgan fingerprint density at radius 2 is 1.74 bits per heavy atom. The third kappa shape index (κ3) is 4.97. The minimum atomic E-state index is -0.123. The third-order valence-electron chi connectivity index (χ3n) is 5.20. The molecular formula is C20H31N5O2. The highest BCUT2D eigenvalue weighted by atomic mass is 16.2. The first-order valence-electron chi connectivity index (χ1n) is 10.1. The molecule has 2 aliphatic heterocycles. The van der Waals surface area contributed by atoms with E-state index in [1.54, 1.807) is 12.3 Å². The quantitative estimate of drug-likeness (QED) is 0.845. The zero-order valence-corrected chi connectivity index (χ0v) is 16.5. The summed E-state index contributed by atoms with van der Waals surface area (Å²) in [7, 11) is 0. The summed E-state index contributed by atoms with van der Waals surface area (Å²) in [6.07, 6.45) is 6.11. The van der Waals surface area contributed by atoms with Gasteiger partial charge in [-0.05, 0) is 18.9 Å². The molecule has 0 radical (unpaired) electrons. The third-order valence-corrected chi connectivity index (χ3v) is 5.20. The Hall–Kier alpha value is -2.15. The average Bonchev–Trinajstić information content (AvgIpc) is 2.97. The van der Waals surface area contributed by atoms with Crippen molar-refractivity contribution in [3.63, 3.8) is 0 Å². The largest absolute Gasteiger partial charge is 0.353 e. The molecule has 2 fully saturated rings. The summed E-state index contributed by atoms with van der Waals surface area (Å²) in [6.45, 7) is 8.69. The molecule has 0 unspecified atom stereocenters. The summed E-state index contributed by atoms with van der Waals surface area (Å²) in [5, 5.41) is 6.21. The smallest absolute Gasteiger partial charge is 0.257 e. The van der Waals surface area contributed by atoms with Gasteiger partial charge in [0.05, 0.1) is 17.4 Å². The fraction of sp³-hybridized carbons (Fsp3) is 0.650. The van der Waals surface area contributed by atoms with Crippen molar-refractivity contribution in [1.82, 2.24) is 15.2 Å². The van der Waals surface area contributed by atoms with E-state index in [-0.39, 0.29) is 17.7 Å². The molecule has 3 heterocycles. The zero-order chi connectivity index (χ0) is 19.2. The molecule has 2 aliphatic rings. The zero-order valence-electron chi connectivity index (χ0n) is 16.5. The highest BCUT2D eigenvalue weighted by molar-refractivity contribution is 6.01. The van der Waals surface area contributed by atoms with E-state index in [9.17, 15) is 9.59 Å². The number of nitrogens with zero attached hydrogens (tertiary/aromatic N) is 3. The monoisotopic (exact) mass is 373 g/mol. The maximum Gasteiger partial charge on any atom is 0.257 e. The van der Waals surface area contributed by atoms with Gasteiger partial charge in [-0.3, -0.25) is 9.59 Å². The Balaban J connectivity index is 1.90. The fourth-order valence-corrected chi connectivity index (χ4v) is 3.54. The van der Waals surface area contributed by atoms with E-state index in [4.69, 9.17) is 0 Å². The first-order chi connectivity index (χ1) is 13.1. The number of likely N-dealkylation sites (tertiary alicyclic amines) is 1. The number of amides is 2. The Bertz CT molecular complexity index is 662. The molecular weight excluding hydrogens is 342 g/mol. The van der Waals surface area contributed by atoms with Crippen molar-refractivity contribution in [2.45, 2.75) is 39.5 Å². The number of hydrogen-bond donors (Lipinski definition) is 2. The van der Waals surface area contributed by atoms with Crippen LogP contribution in [0, 0.1) is 5.92 Å². The lowest BCUT2D eigenvalue weighted by atomic mass is 10.1. The van der Waals surface area contributed by atoms with Gasteiger partial charge >= 0.3 is 0 Å². The molecule has 2 amide bonds. The van der Waals surface area contributed by atoms with Gasteiger partial charge in [0.1, 0.15) is 5.82 Å². The summed E-state index contributed by atoms with van der Waals surface area (Å²) >= 11 is 0. The van der Waals surface area contributed by atoms with Crippen LogP contribution in [0.1, 0.15) is 49.9 Å². The van der Waals surface area contributed by atoms with Crippen molar-refractivity contribution in [2.24, 2.45) is 5.92 Å². The Morgan fingerprint density at radius 3 is 2.37 bits per heavy atom. The van der Waals surface area contributed by atoms with Crippen LogP contribution in [0.4, 0.5) is 11.5 Å². The summed E-state index contributed by atoms with van der Waals surface area (Å²) in [4.78, 5) is 34.1. The van der Waals surface area contributed by atoms with Gasteiger partial charge in [0.25, 0.3) is 5.91 Å². The number of carbonyl (C=O) groups is 2. The van der Waals surface area contributed by atoms with Crippen LogP contribution in [0.15, 0.2) is 12.3 Å². The minimum absolute atomic E-state index is 0.0265. The minimum Gasteiger partial charge on any atom is -0.353 e. The lowest BCUT2D eigenvalue weighted by molar-refractivity contribution is -0.118. The average molecular weight is 374 g/mol. The van der Waals surface area contributed by atoms with Crippen LogP contribution < -0.4 is 15.5 Å². The number of aromatic nitrogens is 1. The Labute approximate surface area is 161 Å². The number of pyridine rings is 1. The number of anilines is 2. The number of hydrogen-bond acceptors (Lipinski definition) is 5. The molecule has 1 aromatic rings. The molecule has 0 aromatic carbocycles. The molecule has 2 N–H and O–H groups in total. The maximum atomic E-state index is 13.3. The van der Waals surface area contributed by atoms with Crippen molar-refractivity contribution >= 4 is 23.3 Å². The Kier molecular flexibility index (Phi) is 6.66. The van der Waals surface area contributed by atoms with Gasteiger partial charge in [0.15, 0.2) is 0 Å². The van der Waals surface area contributed by atoms with Crippen molar-refractivity contribution in [1.29, 1.82) is 0 Å². The number of carbonyl (C=O) groups excluding carboxylic acids is 2. The van der Waals surface area contributed by atoms with Crippen molar-refractivity contribution in [2.75, 3.05) is 49.5 Å². The summed E-state index contributed by atoms with van der Waals surface area (Å²) < 4.78 is 0. The SMILES string of the molecule is CC(C)C(=O)Nc1cnc(N2CCNCC2)c(C(=O)N2CCCCCC2)c1. The summed E-state index contributed by atoms with van der Waals surface area (Å²) in [5.74, 6) is 0.564. The van der Waals surface area contributed by atoms with Gasteiger partial charge in [-0.15, -0.1) is 0 Å². The van der Waals surface area contributed by atoms with Crippen LogP contribution in [0.5, 0.6) is 0 Å². The van der Waals surface area contributed by atoms with E-state index in [1.165, 1.54) is 12.8 Å². The number of rotatable bonds is 4. The normalized spacial score (nSPS) is 18.3. The predicted molar refractivity (Wildman–Crippen MR) is 107 cm³/mol. The second kappa shape index (κ2) is 9.17. The Morgan fingerprint density at radius 1 is 1.07 bits per heavy atom. The lowest BCUT2D eigenvalue weighted by Gasteiger charge is -2.31. The van der Waals surface area contributed by atoms with Crippen molar-refractivity contribution in [3.8, 4) is 0 Å². The molecule has 0 atom stereocenters. The first-order valence-corrected chi connectivity index (χ1v) is 10.1. The van der Waals surface area contributed by atoms with Gasteiger partial charge in [-0.2, -0.15) is 0 Å². The summed E-state index contributed by atoms with van der Waals surface area (Å²) in [6, 6.07) is 1.80. The standard InChI is InChI=1S/C20H31N5O2/c1-15(2)19(26)23-16-13-17(20(27)25-9-5-3-4-6-10-25)18(22-14-16)24-11-7-21-8-12-24/h13-15,21H,3-12H2,1-2H3,(H,23,26). The van der Waals surface area contributed by atoms with Crippen LogP contribution in [0.25, 0.3) is 0 Å². The van der Waals surface area contributed by atoms with Crippen LogP contribution in [0.2, 0.25) is 0 Å². The van der Waals surface area contributed by atoms with E-state index < -0.39 is 0 Å². The molecule has 0 saturated carbocycles.